The maximum absolute atomic E-state index is 12.6. The Morgan fingerprint density at radius 2 is 1.94 bits per heavy atom. The highest BCUT2D eigenvalue weighted by atomic mass is 19.1. The van der Waals surface area contributed by atoms with Crippen LogP contribution in [-0.4, -0.2) is 32.3 Å². The standard InChI is InChI=1S/C13H19FN2O/c14-11-1-3-13(4-2-11)17-10-9-16-12-5-7-15-8-6-12/h1-4,12,15-16H,5-10H2. The summed E-state index contributed by atoms with van der Waals surface area (Å²) in [7, 11) is 0. The van der Waals surface area contributed by atoms with Crippen molar-refractivity contribution in [3.63, 3.8) is 0 Å². The highest BCUT2D eigenvalue weighted by Gasteiger charge is 2.11. The van der Waals surface area contributed by atoms with Crippen molar-refractivity contribution in [2.24, 2.45) is 0 Å². The van der Waals surface area contributed by atoms with Gasteiger partial charge in [0, 0.05) is 12.6 Å². The summed E-state index contributed by atoms with van der Waals surface area (Å²) in [5, 5.41) is 6.79. The normalized spacial score (nSPS) is 17.0. The zero-order chi connectivity index (χ0) is 11.9. The lowest BCUT2D eigenvalue weighted by molar-refractivity contribution is 0.292. The molecule has 0 radical (unpaired) electrons. The van der Waals surface area contributed by atoms with E-state index in [0.717, 1.165) is 25.4 Å². The first kappa shape index (κ1) is 12.3. The van der Waals surface area contributed by atoms with Crippen LogP contribution in [0.4, 0.5) is 4.39 Å². The van der Waals surface area contributed by atoms with Crippen molar-refractivity contribution >= 4 is 0 Å². The zero-order valence-electron chi connectivity index (χ0n) is 9.92. The Hall–Kier alpha value is -1.13. The molecule has 1 aromatic rings. The maximum atomic E-state index is 12.6. The minimum atomic E-state index is -0.231. The Labute approximate surface area is 101 Å². The summed E-state index contributed by atoms with van der Waals surface area (Å²) in [6.45, 7) is 3.64. The van der Waals surface area contributed by atoms with E-state index in [4.69, 9.17) is 4.74 Å². The Morgan fingerprint density at radius 3 is 2.65 bits per heavy atom. The Bertz CT molecular complexity index is 323. The highest BCUT2D eigenvalue weighted by Crippen LogP contribution is 2.10. The molecule has 1 saturated heterocycles. The van der Waals surface area contributed by atoms with Crippen LogP contribution >= 0.6 is 0 Å². The summed E-state index contributed by atoms with van der Waals surface area (Å²) in [5.41, 5.74) is 0. The second kappa shape index (κ2) is 6.57. The summed E-state index contributed by atoms with van der Waals surface area (Å²) in [6, 6.07) is 6.73. The van der Waals surface area contributed by atoms with Gasteiger partial charge in [0.15, 0.2) is 0 Å². The van der Waals surface area contributed by atoms with Gasteiger partial charge in [-0.25, -0.2) is 4.39 Å². The monoisotopic (exact) mass is 238 g/mol. The Balaban J connectivity index is 1.60. The van der Waals surface area contributed by atoms with Crippen molar-refractivity contribution in [3.8, 4) is 5.75 Å². The van der Waals surface area contributed by atoms with Gasteiger partial charge in [0.25, 0.3) is 0 Å². The topological polar surface area (TPSA) is 33.3 Å². The zero-order valence-corrected chi connectivity index (χ0v) is 9.92. The van der Waals surface area contributed by atoms with E-state index >= 15 is 0 Å². The summed E-state index contributed by atoms with van der Waals surface area (Å²) >= 11 is 0. The molecule has 2 N–H and O–H groups in total. The molecule has 1 aromatic carbocycles. The Morgan fingerprint density at radius 1 is 1.24 bits per heavy atom. The number of hydrogen-bond acceptors (Lipinski definition) is 3. The van der Waals surface area contributed by atoms with E-state index in [1.165, 1.54) is 25.0 Å². The van der Waals surface area contributed by atoms with Crippen LogP contribution in [0.3, 0.4) is 0 Å². The molecular weight excluding hydrogens is 219 g/mol. The van der Waals surface area contributed by atoms with Crippen LogP contribution in [0.2, 0.25) is 0 Å². The third-order valence-corrected chi connectivity index (χ3v) is 2.96. The van der Waals surface area contributed by atoms with Crippen LogP contribution in [0.15, 0.2) is 24.3 Å². The van der Waals surface area contributed by atoms with Gasteiger partial charge < -0.3 is 15.4 Å². The van der Waals surface area contributed by atoms with E-state index in [2.05, 4.69) is 10.6 Å². The second-order valence-corrected chi connectivity index (χ2v) is 4.28. The average Bonchev–Trinajstić information content (AvgIpc) is 2.38. The first-order chi connectivity index (χ1) is 8.34. The molecule has 4 heteroatoms. The first-order valence-corrected chi connectivity index (χ1v) is 6.17. The molecule has 0 bridgehead atoms. The van der Waals surface area contributed by atoms with Gasteiger partial charge >= 0.3 is 0 Å². The molecule has 17 heavy (non-hydrogen) atoms. The van der Waals surface area contributed by atoms with Crippen molar-refractivity contribution in [2.75, 3.05) is 26.2 Å². The molecule has 0 amide bonds. The molecule has 1 aliphatic rings. The molecule has 0 aliphatic carbocycles. The van der Waals surface area contributed by atoms with Gasteiger partial charge in [-0.2, -0.15) is 0 Å². The number of rotatable bonds is 5. The van der Waals surface area contributed by atoms with Crippen molar-refractivity contribution < 1.29 is 9.13 Å². The fourth-order valence-electron chi connectivity index (χ4n) is 1.99. The average molecular weight is 238 g/mol. The van der Waals surface area contributed by atoms with Gasteiger partial charge in [-0.05, 0) is 50.2 Å². The molecule has 1 heterocycles. The van der Waals surface area contributed by atoms with Crippen LogP contribution in [0, 0.1) is 5.82 Å². The highest BCUT2D eigenvalue weighted by molar-refractivity contribution is 5.21. The molecule has 0 unspecified atom stereocenters. The van der Waals surface area contributed by atoms with Crippen LogP contribution in [-0.2, 0) is 0 Å². The smallest absolute Gasteiger partial charge is 0.123 e. The molecule has 94 valence electrons. The van der Waals surface area contributed by atoms with Crippen LogP contribution < -0.4 is 15.4 Å². The van der Waals surface area contributed by atoms with Gasteiger partial charge in [0.1, 0.15) is 18.2 Å². The van der Waals surface area contributed by atoms with E-state index in [9.17, 15) is 4.39 Å². The van der Waals surface area contributed by atoms with Crippen LogP contribution in [0.25, 0.3) is 0 Å². The fourth-order valence-corrected chi connectivity index (χ4v) is 1.99. The van der Waals surface area contributed by atoms with Crippen molar-refractivity contribution in [1.29, 1.82) is 0 Å². The van der Waals surface area contributed by atoms with Crippen molar-refractivity contribution in [3.05, 3.63) is 30.1 Å². The van der Waals surface area contributed by atoms with Crippen LogP contribution in [0.5, 0.6) is 5.75 Å². The lowest BCUT2D eigenvalue weighted by Crippen LogP contribution is -2.41. The van der Waals surface area contributed by atoms with Gasteiger partial charge in [-0.1, -0.05) is 0 Å². The largest absolute Gasteiger partial charge is 0.492 e. The van der Waals surface area contributed by atoms with E-state index in [-0.39, 0.29) is 5.82 Å². The number of hydrogen-bond donors (Lipinski definition) is 2. The molecular formula is C13H19FN2O. The van der Waals surface area contributed by atoms with Crippen LogP contribution in [0.1, 0.15) is 12.8 Å². The first-order valence-electron chi connectivity index (χ1n) is 6.17. The summed E-state index contributed by atoms with van der Waals surface area (Å²) in [6.07, 6.45) is 2.35. The van der Waals surface area contributed by atoms with Gasteiger partial charge in [0.2, 0.25) is 0 Å². The minimum Gasteiger partial charge on any atom is -0.492 e. The summed E-state index contributed by atoms with van der Waals surface area (Å²) < 4.78 is 18.2. The molecule has 1 aliphatic heterocycles. The molecule has 1 fully saturated rings. The van der Waals surface area contributed by atoms with E-state index < -0.39 is 0 Å². The molecule has 0 aromatic heterocycles. The lowest BCUT2D eigenvalue weighted by atomic mass is 10.1. The molecule has 0 atom stereocenters. The molecule has 3 nitrogen and oxygen atoms in total. The predicted octanol–water partition coefficient (Wildman–Crippen LogP) is 1.55. The number of piperidine rings is 1. The third-order valence-electron chi connectivity index (χ3n) is 2.96. The third kappa shape index (κ3) is 4.32. The number of ether oxygens (including phenoxy) is 1. The van der Waals surface area contributed by atoms with Crippen molar-refractivity contribution in [2.45, 2.75) is 18.9 Å². The quantitative estimate of drug-likeness (QED) is 0.764. The SMILES string of the molecule is Fc1ccc(OCCNC2CCNCC2)cc1. The van der Waals surface area contributed by atoms with E-state index in [1.807, 2.05) is 0 Å². The molecule has 0 spiro atoms. The number of benzene rings is 1. The van der Waals surface area contributed by atoms with Gasteiger partial charge in [0.05, 0.1) is 0 Å². The van der Waals surface area contributed by atoms with E-state index in [0.29, 0.717) is 12.6 Å². The fraction of sp³-hybridized carbons (Fsp3) is 0.538. The van der Waals surface area contributed by atoms with Gasteiger partial charge in [-0.3, -0.25) is 0 Å². The van der Waals surface area contributed by atoms with E-state index in [1.54, 1.807) is 12.1 Å². The van der Waals surface area contributed by atoms with Gasteiger partial charge in [-0.15, -0.1) is 0 Å². The maximum Gasteiger partial charge on any atom is 0.123 e. The Kier molecular flexibility index (Phi) is 4.76. The predicted molar refractivity (Wildman–Crippen MR) is 65.8 cm³/mol. The summed E-state index contributed by atoms with van der Waals surface area (Å²) in [5.74, 6) is 0.490. The summed E-state index contributed by atoms with van der Waals surface area (Å²) in [4.78, 5) is 0. The minimum absolute atomic E-state index is 0.231. The van der Waals surface area contributed by atoms with Crippen molar-refractivity contribution in [1.82, 2.24) is 10.6 Å². The molecule has 2 rings (SSSR count). The molecule has 0 saturated carbocycles. The number of halogens is 1. The number of nitrogens with one attached hydrogen (secondary N) is 2. The second-order valence-electron chi connectivity index (χ2n) is 4.28. The lowest BCUT2D eigenvalue weighted by Gasteiger charge is -2.23.